The highest BCUT2D eigenvalue weighted by Crippen LogP contribution is 2.20. The van der Waals surface area contributed by atoms with Crippen molar-refractivity contribution in [3.63, 3.8) is 0 Å². The third-order valence-electron chi connectivity index (χ3n) is 4.22. The highest BCUT2D eigenvalue weighted by molar-refractivity contribution is 7.77. The van der Waals surface area contributed by atoms with Gasteiger partial charge in [0.15, 0.2) is 12.4 Å². The second-order valence-electron chi connectivity index (χ2n) is 6.36. The molecule has 6 heteroatoms. The molecule has 28 heavy (non-hydrogen) atoms. The molecular formula is C22H18ClFN2OS. The van der Waals surface area contributed by atoms with Crippen molar-refractivity contribution in [3.05, 3.63) is 101 Å². The maximum Gasteiger partial charge on any atom is 0.237 e. The van der Waals surface area contributed by atoms with Gasteiger partial charge in [-0.3, -0.25) is 4.79 Å². The third-order valence-corrected chi connectivity index (χ3v) is 4.90. The van der Waals surface area contributed by atoms with E-state index in [2.05, 4.69) is 4.99 Å². The molecule has 0 fully saturated rings. The quantitative estimate of drug-likeness (QED) is 0.194. The number of rotatable bonds is 6. The minimum Gasteiger partial charge on any atom is -0.758 e. The van der Waals surface area contributed by atoms with E-state index in [1.807, 2.05) is 25.3 Å². The molecule has 0 spiro atoms. The molecule has 1 heterocycles. The van der Waals surface area contributed by atoms with E-state index in [0.29, 0.717) is 10.6 Å². The normalized spacial score (nSPS) is 12.6. The van der Waals surface area contributed by atoms with Crippen molar-refractivity contribution < 1.29 is 13.8 Å². The molecule has 0 saturated carbocycles. The molecule has 0 radical (unpaired) electrons. The first-order valence-corrected chi connectivity index (χ1v) is 9.46. The van der Waals surface area contributed by atoms with Gasteiger partial charge >= 0.3 is 0 Å². The Bertz CT molecular complexity index is 1020. The van der Waals surface area contributed by atoms with Crippen LogP contribution in [0.4, 0.5) is 4.39 Å². The van der Waals surface area contributed by atoms with Gasteiger partial charge in [0, 0.05) is 17.2 Å². The second-order valence-corrected chi connectivity index (χ2v) is 7.18. The standard InChI is InChI=1S/C22H18ClFN2OS/c1-15-5-4-12-26(14-15)20(21(27)18-6-2-3-7-19(18)23)22(28)25-13-16-8-10-17(24)11-9-16/h2-12,14,20H,13H2,1H3/t20-/m1/s1. The van der Waals surface area contributed by atoms with E-state index in [-0.39, 0.29) is 23.2 Å². The number of Topliss-reactive ketones (excluding diaryl/α,β-unsaturated/α-hetero) is 1. The first kappa shape index (κ1) is 20.1. The van der Waals surface area contributed by atoms with Crippen LogP contribution in [0.2, 0.25) is 5.02 Å². The zero-order valence-corrected chi connectivity index (χ0v) is 16.8. The number of aromatic nitrogens is 1. The minimum atomic E-state index is -0.796. The molecule has 0 saturated heterocycles. The smallest absolute Gasteiger partial charge is 0.237 e. The molecule has 3 aromatic rings. The van der Waals surface area contributed by atoms with Gasteiger partial charge in [0.05, 0.1) is 11.6 Å². The van der Waals surface area contributed by atoms with E-state index in [1.54, 1.807) is 47.2 Å². The van der Waals surface area contributed by atoms with Crippen molar-refractivity contribution in [2.75, 3.05) is 0 Å². The summed E-state index contributed by atoms with van der Waals surface area (Å²) in [6.45, 7) is 2.20. The summed E-state index contributed by atoms with van der Waals surface area (Å²) in [6, 6.07) is 15.9. The van der Waals surface area contributed by atoms with Gasteiger partial charge in [-0.15, -0.1) is 0 Å². The number of aryl methyl sites for hydroxylation is 1. The Kier molecular flexibility index (Phi) is 6.49. The van der Waals surface area contributed by atoms with E-state index in [4.69, 9.17) is 24.2 Å². The lowest BCUT2D eigenvalue weighted by Crippen LogP contribution is -2.48. The minimum absolute atomic E-state index is 0.228. The van der Waals surface area contributed by atoms with E-state index < -0.39 is 6.04 Å². The van der Waals surface area contributed by atoms with Crippen LogP contribution in [0.15, 0.2) is 78.0 Å². The van der Waals surface area contributed by atoms with Crippen LogP contribution >= 0.6 is 11.6 Å². The molecular weight excluding hydrogens is 395 g/mol. The average Bonchev–Trinajstić information content (AvgIpc) is 2.68. The summed E-state index contributed by atoms with van der Waals surface area (Å²) in [7, 11) is 0. The van der Waals surface area contributed by atoms with Gasteiger partial charge in [-0.2, -0.15) is 4.57 Å². The average molecular weight is 413 g/mol. The predicted molar refractivity (Wildman–Crippen MR) is 111 cm³/mol. The van der Waals surface area contributed by atoms with Crippen LogP contribution in [-0.4, -0.2) is 10.8 Å². The van der Waals surface area contributed by atoms with Gasteiger partial charge in [0.25, 0.3) is 0 Å². The van der Waals surface area contributed by atoms with Crippen molar-refractivity contribution >= 4 is 35.1 Å². The summed E-state index contributed by atoms with van der Waals surface area (Å²) in [4.78, 5) is 17.7. The number of hydrogen-bond acceptors (Lipinski definition) is 3. The largest absolute Gasteiger partial charge is 0.758 e. The molecule has 1 aromatic heterocycles. The van der Waals surface area contributed by atoms with Crippen LogP contribution in [-0.2, 0) is 19.2 Å². The maximum atomic E-state index is 13.3. The Balaban J connectivity index is 1.98. The Labute approximate surface area is 173 Å². The summed E-state index contributed by atoms with van der Waals surface area (Å²) in [5.74, 6) is -0.539. The maximum absolute atomic E-state index is 13.3. The van der Waals surface area contributed by atoms with Gasteiger partial charge in [-0.25, -0.2) is 4.39 Å². The molecule has 3 rings (SSSR count). The fourth-order valence-corrected chi connectivity index (χ4v) is 3.33. The van der Waals surface area contributed by atoms with Crippen molar-refractivity contribution in [2.24, 2.45) is 4.99 Å². The number of aliphatic imine (C=N–C) groups is 1. The summed E-state index contributed by atoms with van der Waals surface area (Å²) in [5.41, 5.74) is 2.19. The Hall–Kier alpha value is -2.63. The van der Waals surface area contributed by atoms with Crippen molar-refractivity contribution in [3.8, 4) is 0 Å². The molecule has 0 aliphatic carbocycles. The van der Waals surface area contributed by atoms with Gasteiger partial charge < -0.3 is 17.6 Å². The molecule has 0 N–H and O–H groups in total. The molecule has 0 unspecified atom stereocenters. The lowest BCUT2D eigenvalue weighted by Gasteiger charge is -2.19. The number of carbonyl (C=O) groups is 1. The summed E-state index contributed by atoms with van der Waals surface area (Å²) >= 11 is 11.8. The van der Waals surface area contributed by atoms with Crippen LogP contribution < -0.4 is 4.57 Å². The van der Waals surface area contributed by atoms with E-state index >= 15 is 0 Å². The first-order valence-electron chi connectivity index (χ1n) is 8.67. The van der Waals surface area contributed by atoms with E-state index in [1.165, 1.54) is 12.1 Å². The van der Waals surface area contributed by atoms with Gasteiger partial charge in [-0.1, -0.05) is 35.9 Å². The summed E-state index contributed by atoms with van der Waals surface area (Å²) in [5, 5.41) is 0.608. The fourth-order valence-electron chi connectivity index (χ4n) is 2.80. The van der Waals surface area contributed by atoms with Crippen LogP contribution in [0.1, 0.15) is 27.5 Å². The highest BCUT2D eigenvalue weighted by Gasteiger charge is 2.29. The second kappa shape index (κ2) is 9.04. The molecule has 0 aliphatic heterocycles. The number of benzene rings is 2. The zero-order chi connectivity index (χ0) is 20.1. The predicted octanol–water partition coefficient (Wildman–Crippen LogP) is 4.64. The van der Waals surface area contributed by atoms with Crippen LogP contribution in [0, 0.1) is 12.7 Å². The molecule has 0 bridgehead atoms. The van der Waals surface area contributed by atoms with Crippen LogP contribution in [0.3, 0.4) is 0 Å². The lowest BCUT2D eigenvalue weighted by atomic mass is 10.0. The van der Waals surface area contributed by atoms with Crippen LogP contribution in [0.5, 0.6) is 0 Å². The summed E-state index contributed by atoms with van der Waals surface area (Å²) < 4.78 is 14.8. The number of nitrogens with zero attached hydrogens (tertiary/aromatic N) is 2. The zero-order valence-electron chi connectivity index (χ0n) is 15.2. The Morgan fingerprint density at radius 1 is 1.14 bits per heavy atom. The molecule has 142 valence electrons. The summed E-state index contributed by atoms with van der Waals surface area (Å²) in [6.07, 6.45) is 3.63. The molecule has 0 amide bonds. The number of halogens is 2. The molecule has 0 aliphatic rings. The van der Waals surface area contributed by atoms with Gasteiger partial charge in [0.2, 0.25) is 11.8 Å². The molecule has 1 atom stereocenters. The number of hydrogen-bond donors (Lipinski definition) is 0. The Morgan fingerprint density at radius 3 is 2.54 bits per heavy atom. The Morgan fingerprint density at radius 2 is 1.86 bits per heavy atom. The lowest BCUT2D eigenvalue weighted by molar-refractivity contribution is -0.692. The van der Waals surface area contributed by atoms with Crippen LogP contribution in [0.25, 0.3) is 0 Å². The fraction of sp³-hybridized carbons (Fsp3) is 0.136. The third kappa shape index (κ3) is 4.80. The van der Waals surface area contributed by atoms with Gasteiger partial charge in [-0.05, 0) is 47.9 Å². The van der Waals surface area contributed by atoms with Crippen molar-refractivity contribution in [1.82, 2.24) is 0 Å². The van der Waals surface area contributed by atoms with Crippen molar-refractivity contribution in [2.45, 2.75) is 19.5 Å². The SMILES string of the molecule is Cc1ccc[n+]([C@H](C(=O)c2ccccc2Cl)C([S-])=NCc2ccc(F)cc2)c1. The number of carbonyl (C=O) groups excluding carboxylic acids is 1. The number of pyridine rings is 1. The molecule has 2 aromatic carbocycles. The monoisotopic (exact) mass is 412 g/mol. The topological polar surface area (TPSA) is 33.3 Å². The van der Waals surface area contributed by atoms with Gasteiger partial charge in [0.1, 0.15) is 5.82 Å². The molecule has 3 nitrogen and oxygen atoms in total. The van der Waals surface area contributed by atoms with E-state index in [9.17, 15) is 9.18 Å². The number of ketones is 1. The van der Waals surface area contributed by atoms with E-state index in [0.717, 1.165) is 11.1 Å². The highest BCUT2D eigenvalue weighted by atomic mass is 35.5. The first-order chi connectivity index (χ1) is 13.5. The van der Waals surface area contributed by atoms with Crippen molar-refractivity contribution in [1.29, 1.82) is 0 Å².